The van der Waals surface area contributed by atoms with Crippen molar-refractivity contribution in [1.29, 1.82) is 0 Å². The Morgan fingerprint density at radius 2 is 0.594 bits per heavy atom. The van der Waals surface area contributed by atoms with E-state index in [0.717, 1.165) is 11.9 Å². The molecule has 0 unspecified atom stereocenters. The molecule has 5 aromatic heterocycles. The van der Waals surface area contributed by atoms with Gasteiger partial charge in [0.2, 0.25) is 0 Å². The third-order valence-electron chi connectivity index (χ3n) is 22.6. The predicted octanol–water partition coefficient (Wildman–Crippen LogP) is 26.8. The van der Waals surface area contributed by atoms with Crippen molar-refractivity contribution in [2.45, 2.75) is 6.42 Å². The Hall–Kier alpha value is -14.0. The molecule has 0 saturated carbocycles. The van der Waals surface area contributed by atoms with Crippen LogP contribution in [0.4, 0.5) is 0 Å². The van der Waals surface area contributed by atoms with E-state index in [1.54, 1.807) is 0 Å². The first-order valence-corrected chi connectivity index (χ1v) is 36.7. The average molecular weight is 1350 g/mol. The summed E-state index contributed by atoms with van der Waals surface area (Å²) in [5.41, 5.74) is 32.1. The van der Waals surface area contributed by atoms with Gasteiger partial charge in [0.25, 0.3) is 0 Å². The fourth-order valence-corrected chi connectivity index (χ4v) is 17.9. The number of hydrogen-bond acceptors (Lipinski definition) is 0. The van der Waals surface area contributed by atoms with E-state index in [2.05, 4.69) is 399 Å². The number of para-hydroxylation sites is 8. The number of hydrogen-bond donors (Lipinski definition) is 1. The average Bonchev–Trinajstić information content (AvgIpc) is 1.54. The number of aromatic nitrogens is 5. The zero-order chi connectivity index (χ0) is 69.5. The van der Waals surface area contributed by atoms with Gasteiger partial charge in [0.05, 0.1) is 55.3 Å². The van der Waals surface area contributed by atoms with E-state index in [0.29, 0.717) is 0 Å². The zero-order valence-electron chi connectivity index (χ0n) is 57.8. The van der Waals surface area contributed by atoms with Gasteiger partial charge in [0.1, 0.15) is 0 Å². The molecule has 494 valence electrons. The number of fused-ring (bicyclic) bond motifs is 19. The molecule has 1 aliphatic rings. The minimum atomic E-state index is 1.01. The summed E-state index contributed by atoms with van der Waals surface area (Å²) in [5.74, 6) is 0. The third-order valence-corrected chi connectivity index (χ3v) is 22.6. The first-order chi connectivity index (χ1) is 52.6. The van der Waals surface area contributed by atoms with Crippen LogP contribution in [0.5, 0.6) is 0 Å². The van der Waals surface area contributed by atoms with E-state index in [4.69, 9.17) is 0 Å². The summed E-state index contributed by atoms with van der Waals surface area (Å²) in [6.45, 7) is 0. The number of aromatic amines is 1. The van der Waals surface area contributed by atoms with Gasteiger partial charge in [-0.25, -0.2) is 0 Å². The lowest BCUT2D eigenvalue weighted by atomic mass is 9.94. The van der Waals surface area contributed by atoms with Crippen molar-refractivity contribution in [3.05, 3.63) is 387 Å². The summed E-state index contributed by atoms with van der Waals surface area (Å²) in [4.78, 5) is 3.74. The van der Waals surface area contributed by atoms with Gasteiger partial charge in [-0.1, -0.05) is 267 Å². The summed E-state index contributed by atoms with van der Waals surface area (Å²) < 4.78 is 9.66. The van der Waals surface area contributed by atoms with Crippen LogP contribution in [0, 0.1) is 0 Å². The molecule has 0 spiro atoms. The molecule has 23 rings (SSSR count). The standard InChI is InChI=1S/C52H33N3.C49H32N2/c1-2-13-35(14-3-1)54-47-23-10-7-18-40(47)42-27-25-34(32-51(42)54)33-26-29-50-45(31-33)41-19-8-11-24-48(41)55(50)49-30-28-37(36-15-4-5-17-39(36)49)43-20-12-21-44-38-16-6-9-22-46(38)53-52(43)44;1-2-13-37(14-3-1)51-45-19-8-6-16-41(45)43-27-23-34(31-48(43)51)33-24-28-47-44(30-33)42-17-7-9-20-46(42)50(47)38-25-21-32(22-26-38)39-18-10-12-36-29-35-11-4-5-15-40(35)49(36)39/h1-32,53H;1-28,30-31H,29H2. The van der Waals surface area contributed by atoms with E-state index in [9.17, 15) is 0 Å². The van der Waals surface area contributed by atoms with E-state index >= 15 is 0 Å². The van der Waals surface area contributed by atoms with Crippen molar-refractivity contribution in [2.75, 3.05) is 0 Å². The van der Waals surface area contributed by atoms with Gasteiger partial charge in [0.15, 0.2) is 0 Å². The molecule has 17 aromatic carbocycles. The highest BCUT2D eigenvalue weighted by Crippen LogP contribution is 2.47. The first kappa shape index (κ1) is 59.7. The van der Waals surface area contributed by atoms with Crippen molar-refractivity contribution in [3.8, 4) is 78.4 Å². The Labute approximate surface area is 611 Å². The highest BCUT2D eigenvalue weighted by molar-refractivity contribution is 6.18. The van der Waals surface area contributed by atoms with Crippen LogP contribution in [0.15, 0.2) is 376 Å². The lowest BCUT2D eigenvalue weighted by Crippen LogP contribution is -1.96. The number of H-pyrrole nitrogens is 1. The van der Waals surface area contributed by atoms with Gasteiger partial charge >= 0.3 is 0 Å². The van der Waals surface area contributed by atoms with Crippen molar-refractivity contribution < 1.29 is 0 Å². The number of nitrogens with one attached hydrogen (secondary N) is 1. The quantitative estimate of drug-likeness (QED) is 0.157. The maximum Gasteiger partial charge on any atom is 0.0547 e. The fourth-order valence-electron chi connectivity index (χ4n) is 17.9. The van der Waals surface area contributed by atoms with Crippen LogP contribution in [0.25, 0.3) is 198 Å². The molecule has 0 fully saturated rings. The molecule has 0 amide bonds. The molecule has 1 aliphatic carbocycles. The van der Waals surface area contributed by atoms with Gasteiger partial charge in [-0.05, 0) is 182 Å². The zero-order valence-corrected chi connectivity index (χ0v) is 57.8. The Morgan fingerprint density at radius 3 is 1.21 bits per heavy atom. The molecule has 0 atom stereocenters. The second-order valence-electron chi connectivity index (χ2n) is 28.3. The van der Waals surface area contributed by atoms with Crippen molar-refractivity contribution >= 4 is 120 Å². The Bertz CT molecular complexity index is 7340. The van der Waals surface area contributed by atoms with Crippen LogP contribution < -0.4 is 0 Å². The van der Waals surface area contributed by atoms with Crippen molar-refractivity contribution in [3.63, 3.8) is 0 Å². The lowest BCUT2D eigenvalue weighted by molar-refractivity contribution is 1.18. The van der Waals surface area contributed by atoms with Crippen LogP contribution in [0.1, 0.15) is 11.1 Å². The molecule has 106 heavy (non-hydrogen) atoms. The summed E-state index contributed by atoms with van der Waals surface area (Å²) in [5, 5.41) is 15.0. The third kappa shape index (κ3) is 9.22. The Kier molecular flexibility index (Phi) is 13.4. The Balaban J connectivity index is 0.000000133. The largest absolute Gasteiger partial charge is 0.354 e. The van der Waals surface area contributed by atoms with Crippen LogP contribution >= 0.6 is 0 Å². The second kappa shape index (κ2) is 23.8. The van der Waals surface area contributed by atoms with Gasteiger partial charge < -0.3 is 23.3 Å². The molecule has 5 heterocycles. The fraction of sp³-hybridized carbons (Fsp3) is 0.00990. The summed E-state index contributed by atoms with van der Waals surface area (Å²) in [6.07, 6.45) is 1.01. The monoisotopic (exact) mass is 1350 g/mol. The minimum absolute atomic E-state index is 1.01. The molecule has 5 heteroatoms. The molecular formula is C101H65N5. The van der Waals surface area contributed by atoms with Crippen molar-refractivity contribution in [1.82, 2.24) is 23.3 Å². The van der Waals surface area contributed by atoms with E-state index in [1.165, 1.54) is 204 Å². The van der Waals surface area contributed by atoms with Crippen LogP contribution in [-0.4, -0.2) is 23.3 Å². The SMILES string of the molecule is c1ccc(-n2c3ccccc3c3ccc(-c4ccc5c(c4)c4ccccc4n5-c4ccc(-c5cccc6c5-c5ccccc5C6)cc4)cc32)cc1.c1ccc(-n2c3ccccc3c3ccc(-c4ccc5c(c4)c4ccccc4n5-c4ccc(-c5cccc6c5[nH]c5ccccc56)c5ccccc45)cc32)cc1. The Morgan fingerprint density at radius 1 is 0.198 bits per heavy atom. The molecule has 0 bridgehead atoms. The highest BCUT2D eigenvalue weighted by Gasteiger charge is 2.24. The molecule has 0 saturated heterocycles. The maximum atomic E-state index is 3.74. The smallest absolute Gasteiger partial charge is 0.0547 e. The van der Waals surface area contributed by atoms with E-state index in [1.807, 2.05) is 0 Å². The van der Waals surface area contributed by atoms with E-state index < -0.39 is 0 Å². The summed E-state index contributed by atoms with van der Waals surface area (Å²) in [6, 6.07) is 138. The molecule has 0 radical (unpaired) electrons. The van der Waals surface area contributed by atoms with Crippen LogP contribution in [0.2, 0.25) is 0 Å². The van der Waals surface area contributed by atoms with Gasteiger partial charge in [-0.15, -0.1) is 0 Å². The number of rotatable bonds is 8. The van der Waals surface area contributed by atoms with Gasteiger partial charge in [-0.2, -0.15) is 0 Å². The van der Waals surface area contributed by atoms with Crippen LogP contribution in [-0.2, 0) is 6.42 Å². The number of nitrogens with zero attached hydrogens (tertiary/aromatic N) is 4. The summed E-state index contributed by atoms with van der Waals surface area (Å²) >= 11 is 0. The summed E-state index contributed by atoms with van der Waals surface area (Å²) in [7, 11) is 0. The normalized spacial score (nSPS) is 12.1. The van der Waals surface area contributed by atoms with Gasteiger partial charge in [0, 0.05) is 87.4 Å². The molecule has 0 aliphatic heterocycles. The van der Waals surface area contributed by atoms with E-state index in [-0.39, 0.29) is 0 Å². The predicted molar refractivity (Wildman–Crippen MR) is 447 cm³/mol. The molecule has 22 aromatic rings. The second-order valence-corrected chi connectivity index (χ2v) is 28.3. The number of benzene rings is 17. The van der Waals surface area contributed by atoms with Gasteiger partial charge in [-0.3, -0.25) is 0 Å². The molecule has 5 nitrogen and oxygen atoms in total. The molecule has 1 N–H and O–H groups in total. The lowest BCUT2D eigenvalue weighted by Gasteiger charge is -2.15. The van der Waals surface area contributed by atoms with Crippen LogP contribution in [0.3, 0.4) is 0 Å². The maximum absolute atomic E-state index is 3.74. The minimum Gasteiger partial charge on any atom is -0.354 e. The molecular weight excluding hydrogens is 1280 g/mol. The topological polar surface area (TPSA) is 35.5 Å². The van der Waals surface area contributed by atoms with Crippen molar-refractivity contribution in [2.24, 2.45) is 0 Å². The first-order valence-electron chi connectivity index (χ1n) is 36.7. The highest BCUT2D eigenvalue weighted by atomic mass is 15.0.